The molecule has 0 radical (unpaired) electrons. The number of phenols is 1. The molecule has 18 heavy (non-hydrogen) atoms. The number of H-pyrrole nitrogens is 1. The molecule has 0 amide bonds. The van der Waals surface area contributed by atoms with Gasteiger partial charge in [-0.1, -0.05) is 6.07 Å². The average molecular weight is 244 g/mol. The molecule has 0 saturated heterocycles. The van der Waals surface area contributed by atoms with Crippen LogP contribution in [0.15, 0.2) is 30.3 Å². The van der Waals surface area contributed by atoms with Gasteiger partial charge in [0, 0.05) is 0 Å². The lowest BCUT2D eigenvalue weighted by atomic mass is 10.2. The molecule has 0 unspecified atom stereocenters. The number of nitrogen functional groups attached to an aromatic ring is 1. The summed E-state index contributed by atoms with van der Waals surface area (Å²) in [6.07, 6.45) is 0. The molecule has 0 saturated carbocycles. The molecule has 2 aromatic heterocycles. The van der Waals surface area contributed by atoms with Gasteiger partial charge < -0.3 is 15.8 Å². The Kier molecular flexibility index (Phi) is 2.16. The molecular formula is C12H9FN4O. The second-order valence-corrected chi connectivity index (χ2v) is 3.83. The van der Waals surface area contributed by atoms with Crippen LogP contribution in [0.5, 0.6) is 5.75 Å². The standard InChI is InChI=1S/C12H9FN4O/c13-6-2-1-3-8(18)10(6)12-15-7-4-5-9(14)16-11(7)17-12/h1-5,18H,(H3,14,15,16,17). The lowest BCUT2D eigenvalue weighted by Crippen LogP contribution is -1.88. The number of phenolic OH excluding ortho intramolecular Hbond substituents is 1. The second-order valence-electron chi connectivity index (χ2n) is 3.83. The number of aromatic amines is 1. The summed E-state index contributed by atoms with van der Waals surface area (Å²) in [6.45, 7) is 0. The minimum absolute atomic E-state index is 0.0223. The maximum absolute atomic E-state index is 13.7. The molecule has 90 valence electrons. The molecule has 0 aliphatic heterocycles. The minimum atomic E-state index is -0.554. The molecule has 0 spiro atoms. The van der Waals surface area contributed by atoms with Crippen molar-refractivity contribution >= 4 is 17.0 Å². The molecule has 0 aliphatic carbocycles. The van der Waals surface area contributed by atoms with Gasteiger partial charge >= 0.3 is 0 Å². The van der Waals surface area contributed by atoms with Crippen molar-refractivity contribution in [2.75, 3.05) is 5.73 Å². The summed E-state index contributed by atoms with van der Waals surface area (Å²) < 4.78 is 13.7. The van der Waals surface area contributed by atoms with E-state index in [9.17, 15) is 9.50 Å². The zero-order valence-corrected chi connectivity index (χ0v) is 9.18. The lowest BCUT2D eigenvalue weighted by Gasteiger charge is -2.01. The largest absolute Gasteiger partial charge is 0.507 e. The maximum Gasteiger partial charge on any atom is 0.180 e. The fourth-order valence-corrected chi connectivity index (χ4v) is 1.77. The SMILES string of the molecule is Nc1ccc2[nH]c(-c3c(O)cccc3F)nc2n1. The van der Waals surface area contributed by atoms with E-state index in [1.807, 2.05) is 0 Å². The van der Waals surface area contributed by atoms with Crippen LogP contribution in [0.1, 0.15) is 0 Å². The average Bonchev–Trinajstić information content (AvgIpc) is 2.71. The van der Waals surface area contributed by atoms with Crippen LogP contribution >= 0.6 is 0 Å². The van der Waals surface area contributed by atoms with Crippen LogP contribution < -0.4 is 5.73 Å². The zero-order valence-electron chi connectivity index (χ0n) is 9.18. The Morgan fingerprint density at radius 1 is 1.17 bits per heavy atom. The summed E-state index contributed by atoms with van der Waals surface area (Å²) in [4.78, 5) is 11.0. The number of nitrogens with one attached hydrogen (secondary N) is 1. The van der Waals surface area contributed by atoms with Gasteiger partial charge in [0.1, 0.15) is 23.2 Å². The van der Waals surface area contributed by atoms with Crippen molar-refractivity contribution in [1.29, 1.82) is 0 Å². The summed E-state index contributed by atoms with van der Waals surface area (Å²) >= 11 is 0. The van der Waals surface area contributed by atoms with Crippen molar-refractivity contribution in [3.05, 3.63) is 36.1 Å². The van der Waals surface area contributed by atoms with Gasteiger partial charge in [0.2, 0.25) is 0 Å². The van der Waals surface area contributed by atoms with E-state index in [0.717, 1.165) is 0 Å². The summed E-state index contributed by atoms with van der Waals surface area (Å²) in [5, 5.41) is 9.68. The fourth-order valence-electron chi connectivity index (χ4n) is 1.77. The number of aromatic hydroxyl groups is 1. The van der Waals surface area contributed by atoms with Crippen molar-refractivity contribution < 1.29 is 9.50 Å². The Bertz CT molecular complexity index is 718. The number of nitrogens with two attached hydrogens (primary N) is 1. The highest BCUT2D eigenvalue weighted by Gasteiger charge is 2.14. The van der Waals surface area contributed by atoms with Crippen LogP contribution in [0.2, 0.25) is 0 Å². The Morgan fingerprint density at radius 2 is 2.00 bits per heavy atom. The fraction of sp³-hybridized carbons (Fsp3) is 0. The van der Waals surface area contributed by atoms with E-state index in [1.165, 1.54) is 18.2 Å². The van der Waals surface area contributed by atoms with E-state index in [1.54, 1.807) is 12.1 Å². The number of hydrogen-bond donors (Lipinski definition) is 3. The van der Waals surface area contributed by atoms with Gasteiger partial charge in [-0.05, 0) is 24.3 Å². The second kappa shape index (κ2) is 3.69. The molecule has 5 nitrogen and oxygen atoms in total. The van der Waals surface area contributed by atoms with Gasteiger partial charge in [-0.25, -0.2) is 14.4 Å². The summed E-state index contributed by atoms with van der Waals surface area (Å²) in [7, 11) is 0. The monoisotopic (exact) mass is 244 g/mol. The molecule has 0 bridgehead atoms. The number of pyridine rings is 1. The van der Waals surface area contributed by atoms with Crippen LogP contribution in [-0.2, 0) is 0 Å². The number of rotatable bonds is 1. The minimum Gasteiger partial charge on any atom is -0.507 e. The molecular weight excluding hydrogens is 235 g/mol. The highest BCUT2D eigenvalue weighted by Crippen LogP contribution is 2.30. The van der Waals surface area contributed by atoms with Crippen molar-refractivity contribution in [2.45, 2.75) is 0 Å². The molecule has 3 aromatic rings. The van der Waals surface area contributed by atoms with Crippen LogP contribution in [0.25, 0.3) is 22.6 Å². The maximum atomic E-state index is 13.7. The van der Waals surface area contributed by atoms with Gasteiger partial charge in [-0.15, -0.1) is 0 Å². The van der Waals surface area contributed by atoms with Crippen LogP contribution in [0.3, 0.4) is 0 Å². The van der Waals surface area contributed by atoms with Crippen molar-refractivity contribution in [3.8, 4) is 17.1 Å². The van der Waals surface area contributed by atoms with Gasteiger partial charge in [0.05, 0.1) is 11.1 Å². The number of aromatic nitrogens is 3. The zero-order chi connectivity index (χ0) is 12.7. The number of nitrogens with zero attached hydrogens (tertiary/aromatic N) is 2. The Labute approximate surface area is 101 Å². The predicted octanol–water partition coefficient (Wildman–Crippen LogP) is 2.05. The summed E-state index contributed by atoms with van der Waals surface area (Å²) in [6, 6.07) is 7.39. The van der Waals surface area contributed by atoms with Gasteiger partial charge in [-0.2, -0.15) is 0 Å². The number of hydrogen-bond acceptors (Lipinski definition) is 4. The van der Waals surface area contributed by atoms with Crippen LogP contribution in [0, 0.1) is 5.82 Å². The van der Waals surface area contributed by atoms with Crippen LogP contribution in [-0.4, -0.2) is 20.1 Å². The highest BCUT2D eigenvalue weighted by atomic mass is 19.1. The third kappa shape index (κ3) is 1.55. The molecule has 0 aliphatic rings. The quantitative estimate of drug-likeness (QED) is 0.611. The van der Waals surface area contributed by atoms with Crippen molar-refractivity contribution in [2.24, 2.45) is 0 Å². The number of imidazole rings is 1. The first-order valence-corrected chi connectivity index (χ1v) is 5.25. The molecule has 4 N–H and O–H groups in total. The normalized spacial score (nSPS) is 10.9. The Morgan fingerprint density at radius 3 is 2.78 bits per heavy atom. The molecule has 6 heteroatoms. The first-order valence-electron chi connectivity index (χ1n) is 5.25. The topological polar surface area (TPSA) is 87.8 Å². The smallest absolute Gasteiger partial charge is 0.180 e. The van der Waals surface area contributed by atoms with E-state index >= 15 is 0 Å². The molecule has 2 heterocycles. The lowest BCUT2D eigenvalue weighted by molar-refractivity contribution is 0.471. The van der Waals surface area contributed by atoms with E-state index in [4.69, 9.17) is 5.73 Å². The predicted molar refractivity (Wildman–Crippen MR) is 65.4 cm³/mol. The summed E-state index contributed by atoms with van der Waals surface area (Å²) in [5.41, 5.74) is 6.57. The Balaban J connectivity index is 2.26. The van der Waals surface area contributed by atoms with Gasteiger partial charge in [-0.3, -0.25) is 0 Å². The first kappa shape index (κ1) is 10.5. The van der Waals surface area contributed by atoms with Crippen molar-refractivity contribution in [3.63, 3.8) is 0 Å². The number of anilines is 1. The molecule has 1 aromatic carbocycles. The molecule has 0 fully saturated rings. The highest BCUT2D eigenvalue weighted by molar-refractivity contribution is 5.78. The molecule has 3 rings (SSSR count). The van der Waals surface area contributed by atoms with E-state index in [2.05, 4.69) is 15.0 Å². The van der Waals surface area contributed by atoms with E-state index in [-0.39, 0.29) is 17.1 Å². The van der Waals surface area contributed by atoms with Gasteiger partial charge in [0.15, 0.2) is 5.65 Å². The van der Waals surface area contributed by atoms with E-state index in [0.29, 0.717) is 17.0 Å². The number of benzene rings is 1. The summed E-state index contributed by atoms with van der Waals surface area (Å²) in [5.74, 6) is -0.180. The Hall–Kier alpha value is -2.63. The first-order chi connectivity index (χ1) is 8.65. The van der Waals surface area contributed by atoms with Gasteiger partial charge in [0.25, 0.3) is 0 Å². The molecule has 0 atom stereocenters. The van der Waals surface area contributed by atoms with Crippen LogP contribution in [0.4, 0.5) is 10.2 Å². The number of fused-ring (bicyclic) bond motifs is 1. The van der Waals surface area contributed by atoms with Crippen molar-refractivity contribution in [1.82, 2.24) is 15.0 Å². The third-order valence-corrected chi connectivity index (χ3v) is 2.60. The third-order valence-electron chi connectivity index (χ3n) is 2.60. The number of halogens is 1. The van der Waals surface area contributed by atoms with E-state index < -0.39 is 5.82 Å².